The van der Waals surface area contributed by atoms with E-state index >= 15 is 0 Å². The quantitative estimate of drug-likeness (QED) is 0.704. The Morgan fingerprint density at radius 3 is 2.46 bits per heavy atom. The standard InChI is InChI=1S/C21H25N3O3S/c1-21(2,25)16-5-7-17(8-6-16)28(26,27)24-12-9-15(10-13-24)19-14-23-20-18(19)4-3-11-22-20/h3-8,11,14-15,25H,9-10,12-13H2,1-2H3,(H,22,23). The number of pyridine rings is 1. The third-order valence-electron chi connectivity index (χ3n) is 5.58. The van der Waals surface area contributed by atoms with Gasteiger partial charge >= 0.3 is 0 Å². The van der Waals surface area contributed by atoms with Gasteiger partial charge < -0.3 is 10.1 Å². The molecule has 3 heterocycles. The van der Waals surface area contributed by atoms with Crippen LogP contribution in [0.3, 0.4) is 0 Å². The molecule has 0 amide bonds. The van der Waals surface area contributed by atoms with Crippen LogP contribution in [0, 0.1) is 0 Å². The van der Waals surface area contributed by atoms with E-state index in [0.717, 1.165) is 23.9 Å². The highest BCUT2D eigenvalue weighted by molar-refractivity contribution is 7.89. The number of nitrogens with one attached hydrogen (secondary N) is 1. The summed E-state index contributed by atoms with van der Waals surface area (Å²) in [7, 11) is -3.53. The molecule has 1 saturated heterocycles. The van der Waals surface area contributed by atoms with Crippen molar-refractivity contribution in [2.24, 2.45) is 0 Å². The lowest BCUT2D eigenvalue weighted by Crippen LogP contribution is -2.37. The normalized spacial score (nSPS) is 17.2. The fraction of sp³-hybridized carbons (Fsp3) is 0.381. The van der Waals surface area contributed by atoms with Crippen LogP contribution in [-0.2, 0) is 15.6 Å². The number of hydrogen-bond acceptors (Lipinski definition) is 4. The summed E-state index contributed by atoms with van der Waals surface area (Å²) in [6.07, 6.45) is 5.33. The number of aromatic nitrogens is 2. The van der Waals surface area contributed by atoms with Crippen molar-refractivity contribution < 1.29 is 13.5 Å². The predicted octanol–water partition coefficient (Wildman–Crippen LogP) is 3.36. The van der Waals surface area contributed by atoms with E-state index < -0.39 is 15.6 Å². The maximum atomic E-state index is 13.0. The molecule has 0 aliphatic carbocycles. The van der Waals surface area contributed by atoms with Crippen molar-refractivity contribution >= 4 is 21.1 Å². The lowest BCUT2D eigenvalue weighted by molar-refractivity contribution is 0.0785. The molecule has 1 aliphatic rings. The second kappa shape index (κ2) is 6.99. The van der Waals surface area contributed by atoms with E-state index in [1.54, 1.807) is 48.6 Å². The summed E-state index contributed by atoms with van der Waals surface area (Å²) in [5.74, 6) is 0.321. The zero-order chi connectivity index (χ0) is 19.9. The largest absolute Gasteiger partial charge is 0.386 e. The summed E-state index contributed by atoms with van der Waals surface area (Å²) >= 11 is 0. The van der Waals surface area contributed by atoms with Crippen molar-refractivity contribution in [2.45, 2.75) is 43.1 Å². The fourth-order valence-corrected chi connectivity index (χ4v) is 5.38. The Hall–Kier alpha value is -2.22. The Morgan fingerprint density at radius 1 is 1.14 bits per heavy atom. The predicted molar refractivity (Wildman–Crippen MR) is 109 cm³/mol. The van der Waals surface area contributed by atoms with Crippen molar-refractivity contribution in [3.05, 3.63) is 59.9 Å². The van der Waals surface area contributed by atoms with Crippen molar-refractivity contribution in [3.8, 4) is 0 Å². The van der Waals surface area contributed by atoms with E-state index in [4.69, 9.17) is 0 Å². The number of aromatic amines is 1. The minimum absolute atomic E-state index is 0.273. The molecule has 2 N–H and O–H groups in total. The molecular formula is C21H25N3O3S. The van der Waals surface area contributed by atoms with Gasteiger partial charge in [0, 0.05) is 30.9 Å². The van der Waals surface area contributed by atoms with Gasteiger partial charge in [-0.1, -0.05) is 12.1 Å². The molecule has 148 valence electrons. The number of H-pyrrole nitrogens is 1. The Labute approximate surface area is 165 Å². The van der Waals surface area contributed by atoms with Crippen LogP contribution in [0.1, 0.15) is 43.7 Å². The molecule has 3 aromatic rings. The smallest absolute Gasteiger partial charge is 0.243 e. The summed E-state index contributed by atoms with van der Waals surface area (Å²) in [6, 6.07) is 10.5. The number of nitrogens with zero attached hydrogens (tertiary/aromatic N) is 2. The molecule has 6 nitrogen and oxygen atoms in total. The maximum absolute atomic E-state index is 13.0. The van der Waals surface area contributed by atoms with Gasteiger partial charge in [-0.3, -0.25) is 0 Å². The Balaban J connectivity index is 1.49. The van der Waals surface area contributed by atoms with Crippen LogP contribution in [0.4, 0.5) is 0 Å². The van der Waals surface area contributed by atoms with Gasteiger partial charge in [0.15, 0.2) is 0 Å². The highest BCUT2D eigenvalue weighted by Gasteiger charge is 2.31. The van der Waals surface area contributed by atoms with Crippen LogP contribution in [0.2, 0.25) is 0 Å². The third kappa shape index (κ3) is 3.45. The van der Waals surface area contributed by atoms with Gasteiger partial charge in [0.05, 0.1) is 10.5 Å². The minimum Gasteiger partial charge on any atom is -0.386 e. The van der Waals surface area contributed by atoms with Gasteiger partial charge in [0.25, 0.3) is 0 Å². The van der Waals surface area contributed by atoms with Crippen LogP contribution >= 0.6 is 0 Å². The summed E-state index contributed by atoms with van der Waals surface area (Å²) in [5.41, 5.74) is 1.79. The van der Waals surface area contributed by atoms with Crippen LogP contribution in [0.5, 0.6) is 0 Å². The lowest BCUT2D eigenvalue weighted by atomic mass is 9.90. The highest BCUT2D eigenvalue weighted by Crippen LogP contribution is 2.34. The van der Waals surface area contributed by atoms with E-state index in [1.165, 1.54) is 5.56 Å². The second-order valence-corrected chi connectivity index (χ2v) is 9.84. The number of sulfonamides is 1. The van der Waals surface area contributed by atoms with Crippen LogP contribution in [0.15, 0.2) is 53.7 Å². The van der Waals surface area contributed by atoms with Gasteiger partial charge in [-0.2, -0.15) is 4.31 Å². The van der Waals surface area contributed by atoms with Crippen LogP contribution in [0.25, 0.3) is 11.0 Å². The summed E-state index contributed by atoms with van der Waals surface area (Å²) in [5, 5.41) is 11.2. The first-order chi connectivity index (χ1) is 13.3. The van der Waals surface area contributed by atoms with Gasteiger partial charge in [-0.15, -0.1) is 0 Å². The van der Waals surface area contributed by atoms with Crippen molar-refractivity contribution in [2.75, 3.05) is 13.1 Å². The molecule has 0 radical (unpaired) electrons. The Morgan fingerprint density at radius 2 is 1.82 bits per heavy atom. The fourth-order valence-electron chi connectivity index (χ4n) is 3.91. The molecule has 1 fully saturated rings. The number of benzene rings is 1. The molecule has 7 heteroatoms. The molecule has 1 aliphatic heterocycles. The minimum atomic E-state index is -3.53. The summed E-state index contributed by atoms with van der Waals surface area (Å²) in [4.78, 5) is 7.82. The SMILES string of the molecule is CC(C)(O)c1ccc(S(=O)(=O)N2CCC(c3c[nH]c4ncccc34)CC2)cc1. The monoisotopic (exact) mass is 399 g/mol. The summed E-state index contributed by atoms with van der Waals surface area (Å²) < 4.78 is 27.6. The number of piperidine rings is 1. The number of hydrogen-bond donors (Lipinski definition) is 2. The Kier molecular flexibility index (Phi) is 4.77. The molecule has 0 atom stereocenters. The van der Waals surface area contributed by atoms with E-state index in [1.807, 2.05) is 12.3 Å². The summed E-state index contributed by atoms with van der Waals surface area (Å²) in [6.45, 7) is 4.35. The maximum Gasteiger partial charge on any atom is 0.243 e. The molecule has 0 saturated carbocycles. The molecular weight excluding hydrogens is 374 g/mol. The first-order valence-corrected chi connectivity index (χ1v) is 11.0. The third-order valence-corrected chi connectivity index (χ3v) is 7.49. The number of aliphatic hydroxyl groups is 1. The zero-order valence-electron chi connectivity index (χ0n) is 16.1. The van der Waals surface area contributed by atoms with Gasteiger partial charge in [-0.05, 0) is 68.0 Å². The van der Waals surface area contributed by atoms with E-state index in [-0.39, 0.29) is 4.90 Å². The van der Waals surface area contributed by atoms with Crippen LogP contribution in [-0.4, -0.2) is 40.9 Å². The van der Waals surface area contributed by atoms with Gasteiger partial charge in [0.1, 0.15) is 5.65 Å². The van der Waals surface area contributed by atoms with E-state index in [9.17, 15) is 13.5 Å². The molecule has 2 aromatic heterocycles. The first-order valence-electron chi connectivity index (χ1n) is 9.52. The number of fused-ring (bicyclic) bond motifs is 1. The van der Waals surface area contributed by atoms with E-state index in [0.29, 0.717) is 24.6 Å². The molecule has 0 spiro atoms. The van der Waals surface area contributed by atoms with E-state index in [2.05, 4.69) is 16.0 Å². The average Bonchev–Trinajstić information content (AvgIpc) is 3.12. The van der Waals surface area contributed by atoms with Crippen molar-refractivity contribution in [3.63, 3.8) is 0 Å². The molecule has 28 heavy (non-hydrogen) atoms. The molecule has 0 unspecified atom stereocenters. The molecule has 0 bridgehead atoms. The lowest BCUT2D eigenvalue weighted by Gasteiger charge is -2.31. The second-order valence-electron chi connectivity index (χ2n) is 7.91. The zero-order valence-corrected chi connectivity index (χ0v) is 16.9. The van der Waals surface area contributed by atoms with Crippen LogP contribution < -0.4 is 0 Å². The van der Waals surface area contributed by atoms with Gasteiger partial charge in [0.2, 0.25) is 10.0 Å². The average molecular weight is 400 g/mol. The topological polar surface area (TPSA) is 86.3 Å². The molecule has 4 rings (SSSR count). The molecule has 1 aromatic carbocycles. The highest BCUT2D eigenvalue weighted by atomic mass is 32.2. The van der Waals surface area contributed by atoms with Crippen molar-refractivity contribution in [1.82, 2.24) is 14.3 Å². The number of rotatable bonds is 4. The first kappa shape index (κ1) is 19.1. The van der Waals surface area contributed by atoms with Crippen molar-refractivity contribution in [1.29, 1.82) is 0 Å². The van der Waals surface area contributed by atoms with Gasteiger partial charge in [-0.25, -0.2) is 13.4 Å². The Bertz CT molecular complexity index is 1070.